The second-order valence-corrected chi connectivity index (χ2v) is 7.92. The first kappa shape index (κ1) is 18.8. The summed E-state index contributed by atoms with van der Waals surface area (Å²) in [4.78, 5) is 39.9. The van der Waals surface area contributed by atoms with Crippen molar-refractivity contribution in [2.24, 2.45) is 0 Å². The maximum Gasteiger partial charge on any atom is 0.276 e. The number of benzene rings is 1. The largest absolute Gasteiger partial charge is 0.503 e. The van der Waals surface area contributed by atoms with E-state index in [0.717, 1.165) is 19.3 Å². The Balaban J connectivity index is 1.43. The molecule has 2 fully saturated rings. The number of aromatic hydroxyl groups is 1. The Labute approximate surface area is 170 Å². The number of ether oxygens (including phenoxy) is 1. The SMILES string of the molecule is O=C(NCc1ccc(F)cc1)c1cn2c(c(O)c1=O)C(=O)N1C3CCC(C3)OC1C2. The fourth-order valence-corrected chi connectivity index (χ4v) is 4.59. The number of amides is 2. The molecular weight excluding hydrogens is 393 g/mol. The molecule has 0 spiro atoms. The number of hydrogen-bond donors (Lipinski definition) is 2. The van der Waals surface area contributed by atoms with Gasteiger partial charge in [-0.3, -0.25) is 14.4 Å². The molecule has 156 valence electrons. The van der Waals surface area contributed by atoms with Gasteiger partial charge in [-0.15, -0.1) is 0 Å². The van der Waals surface area contributed by atoms with Gasteiger partial charge in [-0.2, -0.15) is 0 Å². The van der Waals surface area contributed by atoms with Crippen LogP contribution in [0.25, 0.3) is 0 Å². The zero-order valence-electron chi connectivity index (χ0n) is 16.0. The molecule has 3 atom stereocenters. The Hall–Kier alpha value is -3.20. The lowest BCUT2D eigenvalue weighted by atomic mass is 10.1. The lowest BCUT2D eigenvalue weighted by Crippen LogP contribution is -2.57. The minimum Gasteiger partial charge on any atom is -0.503 e. The average molecular weight is 413 g/mol. The van der Waals surface area contributed by atoms with Crippen molar-refractivity contribution in [3.63, 3.8) is 0 Å². The van der Waals surface area contributed by atoms with E-state index in [1.54, 1.807) is 4.90 Å². The highest BCUT2D eigenvalue weighted by Gasteiger charge is 2.47. The van der Waals surface area contributed by atoms with Crippen molar-refractivity contribution in [1.29, 1.82) is 0 Å². The van der Waals surface area contributed by atoms with Crippen LogP contribution in [-0.4, -0.2) is 44.8 Å². The molecule has 3 heterocycles. The predicted molar refractivity (Wildman–Crippen MR) is 102 cm³/mol. The summed E-state index contributed by atoms with van der Waals surface area (Å²) >= 11 is 0. The van der Waals surface area contributed by atoms with E-state index in [9.17, 15) is 23.9 Å². The van der Waals surface area contributed by atoms with Crippen LogP contribution in [0.15, 0.2) is 35.3 Å². The molecule has 30 heavy (non-hydrogen) atoms. The highest BCUT2D eigenvalue weighted by Crippen LogP contribution is 2.38. The molecule has 0 radical (unpaired) electrons. The molecule has 1 aromatic carbocycles. The zero-order valence-corrected chi connectivity index (χ0v) is 16.0. The Kier molecular flexibility index (Phi) is 4.35. The summed E-state index contributed by atoms with van der Waals surface area (Å²) in [6.45, 7) is 0.322. The van der Waals surface area contributed by atoms with Gasteiger partial charge in [-0.05, 0) is 37.0 Å². The number of rotatable bonds is 3. The van der Waals surface area contributed by atoms with Crippen LogP contribution in [0.5, 0.6) is 5.75 Å². The maximum absolute atomic E-state index is 13.0. The summed E-state index contributed by atoms with van der Waals surface area (Å²) in [5.74, 6) is -2.26. The second kappa shape index (κ2) is 6.94. The Bertz CT molecular complexity index is 1100. The first-order valence-corrected chi connectivity index (χ1v) is 9.89. The first-order valence-electron chi connectivity index (χ1n) is 9.89. The number of aromatic nitrogens is 1. The summed E-state index contributed by atoms with van der Waals surface area (Å²) < 4.78 is 20.4. The lowest BCUT2D eigenvalue weighted by molar-refractivity contribution is -0.132. The molecule has 8 nitrogen and oxygen atoms in total. The van der Waals surface area contributed by atoms with Crippen molar-refractivity contribution < 1.29 is 23.8 Å². The summed E-state index contributed by atoms with van der Waals surface area (Å²) in [6.07, 6.45) is 3.40. The Morgan fingerprint density at radius 1 is 1.23 bits per heavy atom. The van der Waals surface area contributed by atoms with Crippen molar-refractivity contribution in [2.45, 2.75) is 50.7 Å². The molecule has 2 bridgehead atoms. The summed E-state index contributed by atoms with van der Waals surface area (Å²) in [5, 5.41) is 13.1. The molecular formula is C21H20FN3O5. The molecule has 1 saturated carbocycles. The highest BCUT2D eigenvalue weighted by atomic mass is 19.1. The third-order valence-electron chi connectivity index (χ3n) is 6.07. The van der Waals surface area contributed by atoms with Crippen LogP contribution >= 0.6 is 0 Å². The smallest absolute Gasteiger partial charge is 0.276 e. The third-order valence-corrected chi connectivity index (χ3v) is 6.07. The number of nitrogens with one attached hydrogen (secondary N) is 1. The topological polar surface area (TPSA) is 101 Å². The standard InChI is InChI=1S/C21H20FN3O5/c22-12-3-1-11(2-4-12)8-23-20(28)15-9-24-10-16-25(13-5-6-14(7-13)30-16)21(29)17(24)19(27)18(15)26/h1-4,9,13-14,16,27H,5-8,10H2,(H,23,28). The van der Waals surface area contributed by atoms with Gasteiger partial charge in [0.1, 0.15) is 11.4 Å². The number of carbonyl (C=O) groups is 2. The molecule has 9 heteroatoms. The van der Waals surface area contributed by atoms with Crippen molar-refractivity contribution >= 4 is 11.8 Å². The number of nitrogens with zero attached hydrogens (tertiary/aromatic N) is 2. The molecule has 2 aliphatic heterocycles. The zero-order chi connectivity index (χ0) is 21.0. The van der Waals surface area contributed by atoms with Crippen molar-refractivity contribution in [1.82, 2.24) is 14.8 Å². The lowest BCUT2D eigenvalue weighted by Gasteiger charge is -2.44. The van der Waals surface area contributed by atoms with Crippen LogP contribution in [0.3, 0.4) is 0 Å². The summed E-state index contributed by atoms with van der Waals surface area (Å²) in [6, 6.07) is 5.64. The highest BCUT2D eigenvalue weighted by molar-refractivity contribution is 5.99. The van der Waals surface area contributed by atoms with Crippen molar-refractivity contribution in [2.75, 3.05) is 0 Å². The molecule has 3 unspecified atom stereocenters. The number of fused-ring (bicyclic) bond motifs is 5. The van der Waals surface area contributed by atoms with Gasteiger partial charge in [0.2, 0.25) is 5.43 Å². The first-order chi connectivity index (χ1) is 14.4. The van der Waals surface area contributed by atoms with Gasteiger partial charge >= 0.3 is 0 Å². The summed E-state index contributed by atoms with van der Waals surface area (Å²) in [7, 11) is 0. The van der Waals surface area contributed by atoms with Crippen LogP contribution in [0.4, 0.5) is 4.39 Å². The molecule has 2 amide bonds. The fraction of sp³-hybridized carbons (Fsp3) is 0.381. The number of halogens is 1. The molecule has 3 aliphatic rings. The maximum atomic E-state index is 13.0. The average Bonchev–Trinajstić information content (AvgIpc) is 3.10. The molecule has 2 aromatic rings. The van der Waals surface area contributed by atoms with Crippen molar-refractivity contribution in [3.8, 4) is 5.75 Å². The van der Waals surface area contributed by atoms with Gasteiger partial charge in [0.15, 0.2) is 17.7 Å². The molecule has 1 saturated heterocycles. The minimum absolute atomic E-state index is 0.0446. The monoisotopic (exact) mass is 413 g/mol. The van der Waals surface area contributed by atoms with E-state index in [4.69, 9.17) is 4.74 Å². The normalized spacial score (nSPS) is 24.4. The van der Waals surface area contributed by atoms with E-state index < -0.39 is 29.2 Å². The number of carbonyl (C=O) groups excluding carboxylic acids is 2. The van der Waals surface area contributed by atoms with E-state index >= 15 is 0 Å². The van der Waals surface area contributed by atoms with Gasteiger partial charge in [0.05, 0.1) is 12.6 Å². The van der Waals surface area contributed by atoms with Crippen LogP contribution < -0.4 is 10.7 Å². The quantitative estimate of drug-likeness (QED) is 0.791. The van der Waals surface area contributed by atoms with E-state index in [1.165, 1.54) is 35.0 Å². The van der Waals surface area contributed by atoms with Gasteiger partial charge in [0, 0.05) is 18.8 Å². The molecule has 1 aliphatic carbocycles. The van der Waals surface area contributed by atoms with Gasteiger partial charge in [-0.25, -0.2) is 4.39 Å². The third kappa shape index (κ3) is 2.97. The van der Waals surface area contributed by atoms with Crippen molar-refractivity contribution in [3.05, 3.63) is 63.3 Å². The van der Waals surface area contributed by atoms with Gasteiger partial charge in [0.25, 0.3) is 11.8 Å². The van der Waals surface area contributed by atoms with Crippen LogP contribution in [0.1, 0.15) is 45.7 Å². The Morgan fingerprint density at radius 3 is 2.77 bits per heavy atom. The minimum atomic E-state index is -0.896. The van der Waals surface area contributed by atoms with E-state index in [1.807, 2.05) is 0 Å². The summed E-state index contributed by atoms with van der Waals surface area (Å²) in [5.41, 5.74) is -0.616. The Morgan fingerprint density at radius 2 is 2.00 bits per heavy atom. The fourth-order valence-electron chi connectivity index (χ4n) is 4.59. The van der Waals surface area contributed by atoms with Crippen LogP contribution in [0, 0.1) is 5.82 Å². The predicted octanol–water partition coefficient (Wildman–Crippen LogP) is 1.36. The molecule has 5 rings (SSSR count). The molecule has 2 N–H and O–H groups in total. The van der Waals surface area contributed by atoms with Crippen LogP contribution in [-0.2, 0) is 17.8 Å². The van der Waals surface area contributed by atoms with Gasteiger partial charge < -0.3 is 24.6 Å². The number of hydrogen-bond acceptors (Lipinski definition) is 5. The van der Waals surface area contributed by atoms with E-state index in [-0.39, 0.29) is 42.3 Å². The molecule has 1 aromatic heterocycles. The number of pyridine rings is 1. The van der Waals surface area contributed by atoms with E-state index in [2.05, 4.69) is 5.32 Å². The van der Waals surface area contributed by atoms with Crippen LogP contribution in [0.2, 0.25) is 0 Å². The second-order valence-electron chi connectivity index (χ2n) is 7.92. The van der Waals surface area contributed by atoms with Gasteiger partial charge in [-0.1, -0.05) is 12.1 Å². The van der Waals surface area contributed by atoms with E-state index in [0.29, 0.717) is 5.56 Å².